The lowest BCUT2D eigenvalue weighted by atomic mass is 9.91. The maximum Gasteiger partial charge on any atom is 0.249 e. The number of likely N-dealkylation sites (tertiary alicyclic amines) is 2. The highest BCUT2D eigenvalue weighted by molar-refractivity contribution is 5.93. The summed E-state index contributed by atoms with van der Waals surface area (Å²) < 4.78 is 0. The van der Waals surface area contributed by atoms with Crippen molar-refractivity contribution in [2.75, 3.05) is 32.7 Å². The van der Waals surface area contributed by atoms with Crippen LogP contribution < -0.4 is 5.32 Å². The molecule has 0 bridgehead atoms. The molecule has 0 aromatic rings. The van der Waals surface area contributed by atoms with Crippen LogP contribution in [0, 0.1) is 5.92 Å². The number of likely N-dealkylation sites (N-methyl/N-ethyl adjacent to an activating group) is 1. The van der Waals surface area contributed by atoms with Gasteiger partial charge in [0.25, 0.3) is 0 Å². The summed E-state index contributed by atoms with van der Waals surface area (Å²) in [6.07, 6.45) is 11.4. The molecule has 1 atom stereocenters. The van der Waals surface area contributed by atoms with Gasteiger partial charge in [-0.3, -0.25) is 14.5 Å². The summed E-state index contributed by atoms with van der Waals surface area (Å²) in [4.78, 5) is 29.1. The molecule has 2 amide bonds. The first kappa shape index (κ1) is 19.4. The van der Waals surface area contributed by atoms with Crippen molar-refractivity contribution in [3.05, 3.63) is 11.6 Å². The Morgan fingerprint density at radius 2 is 1.96 bits per heavy atom. The normalized spacial score (nSPS) is 24.7. The van der Waals surface area contributed by atoms with Crippen molar-refractivity contribution in [2.24, 2.45) is 5.92 Å². The minimum absolute atomic E-state index is 0.197. The number of nitrogens with zero attached hydrogens (tertiary/aromatic N) is 2. The van der Waals surface area contributed by atoms with Gasteiger partial charge >= 0.3 is 0 Å². The summed E-state index contributed by atoms with van der Waals surface area (Å²) >= 11 is 0. The number of amides is 2. The van der Waals surface area contributed by atoms with Crippen molar-refractivity contribution in [1.29, 1.82) is 0 Å². The molecule has 0 saturated carbocycles. The van der Waals surface area contributed by atoms with Crippen LogP contribution in [0.1, 0.15) is 64.7 Å². The Hall–Kier alpha value is -1.36. The molecule has 0 aromatic carbocycles. The van der Waals surface area contributed by atoms with Crippen molar-refractivity contribution in [3.8, 4) is 0 Å². The van der Waals surface area contributed by atoms with Gasteiger partial charge in [-0.15, -0.1) is 0 Å². The molecule has 2 heterocycles. The van der Waals surface area contributed by atoms with E-state index in [0.29, 0.717) is 18.4 Å². The van der Waals surface area contributed by atoms with E-state index in [1.54, 1.807) is 0 Å². The largest absolute Gasteiger partial charge is 0.355 e. The molecule has 0 unspecified atom stereocenters. The average molecular weight is 362 g/mol. The van der Waals surface area contributed by atoms with Gasteiger partial charge in [0.15, 0.2) is 0 Å². The highest BCUT2D eigenvalue weighted by Crippen LogP contribution is 2.26. The quantitative estimate of drug-likeness (QED) is 0.758. The molecule has 0 radical (unpaired) electrons. The molecule has 146 valence electrons. The van der Waals surface area contributed by atoms with E-state index in [9.17, 15) is 9.59 Å². The number of rotatable bonds is 7. The second kappa shape index (κ2) is 9.54. The molecular weight excluding hydrogens is 326 g/mol. The third kappa shape index (κ3) is 5.09. The number of carbonyl (C=O) groups excluding carboxylic acids is 2. The standard InChI is InChI=1S/C21H35N3O2/c1-2-23-13-5-8-19(23)16-22-20(25)10-9-17-11-14-24(15-12-17)21(26)18-6-3-4-7-18/h6,17,19H,2-5,7-16H2,1H3,(H,22,25)/t19-/m0/s1. The lowest BCUT2D eigenvalue weighted by Crippen LogP contribution is -2.40. The second-order valence-electron chi connectivity index (χ2n) is 8.12. The number of allylic oxidation sites excluding steroid dienone is 1. The van der Waals surface area contributed by atoms with E-state index in [0.717, 1.165) is 70.3 Å². The molecule has 1 aliphatic carbocycles. The molecule has 2 fully saturated rings. The van der Waals surface area contributed by atoms with Crippen molar-refractivity contribution in [2.45, 2.75) is 70.8 Å². The lowest BCUT2D eigenvalue weighted by molar-refractivity contribution is -0.129. The van der Waals surface area contributed by atoms with Gasteiger partial charge in [0, 0.05) is 37.7 Å². The Morgan fingerprint density at radius 1 is 1.15 bits per heavy atom. The monoisotopic (exact) mass is 361 g/mol. The van der Waals surface area contributed by atoms with Crippen LogP contribution in [0.5, 0.6) is 0 Å². The van der Waals surface area contributed by atoms with Crippen molar-refractivity contribution in [3.63, 3.8) is 0 Å². The van der Waals surface area contributed by atoms with E-state index in [4.69, 9.17) is 0 Å². The minimum Gasteiger partial charge on any atom is -0.355 e. The SMILES string of the molecule is CCN1CCC[C@H]1CNC(=O)CCC1CCN(C(=O)C2=CCCC2)CC1. The highest BCUT2D eigenvalue weighted by Gasteiger charge is 2.26. The molecule has 2 saturated heterocycles. The number of nitrogens with one attached hydrogen (secondary N) is 1. The van der Waals surface area contributed by atoms with E-state index in [-0.39, 0.29) is 11.8 Å². The molecule has 2 aliphatic heterocycles. The predicted molar refractivity (Wildman–Crippen MR) is 104 cm³/mol. The van der Waals surface area contributed by atoms with E-state index in [1.807, 2.05) is 4.90 Å². The summed E-state index contributed by atoms with van der Waals surface area (Å²) in [5, 5.41) is 3.14. The Labute approximate surface area is 158 Å². The van der Waals surface area contributed by atoms with Crippen LogP contribution in [0.15, 0.2) is 11.6 Å². The zero-order valence-corrected chi connectivity index (χ0v) is 16.3. The van der Waals surface area contributed by atoms with Gasteiger partial charge in [-0.2, -0.15) is 0 Å². The average Bonchev–Trinajstić information content (AvgIpc) is 3.36. The zero-order chi connectivity index (χ0) is 18.4. The number of carbonyl (C=O) groups is 2. The summed E-state index contributed by atoms with van der Waals surface area (Å²) in [5.74, 6) is 1.04. The first-order chi connectivity index (χ1) is 12.7. The smallest absolute Gasteiger partial charge is 0.249 e. The fourth-order valence-electron chi connectivity index (χ4n) is 4.69. The van der Waals surface area contributed by atoms with Crippen LogP contribution in [-0.2, 0) is 9.59 Å². The Balaban J connectivity index is 1.31. The van der Waals surface area contributed by atoms with E-state index in [2.05, 4.69) is 23.2 Å². The summed E-state index contributed by atoms with van der Waals surface area (Å²) in [7, 11) is 0. The fourth-order valence-corrected chi connectivity index (χ4v) is 4.69. The van der Waals surface area contributed by atoms with Crippen LogP contribution in [0.4, 0.5) is 0 Å². The van der Waals surface area contributed by atoms with Gasteiger partial charge in [-0.05, 0) is 70.4 Å². The highest BCUT2D eigenvalue weighted by atomic mass is 16.2. The Bertz CT molecular complexity index is 523. The fraction of sp³-hybridized carbons (Fsp3) is 0.810. The molecule has 0 aromatic heterocycles. The predicted octanol–water partition coefficient (Wildman–Crippen LogP) is 2.72. The summed E-state index contributed by atoms with van der Waals surface area (Å²) in [5.41, 5.74) is 1.02. The van der Waals surface area contributed by atoms with E-state index in [1.165, 1.54) is 19.4 Å². The van der Waals surface area contributed by atoms with Crippen molar-refractivity contribution in [1.82, 2.24) is 15.1 Å². The maximum absolute atomic E-state index is 12.4. The zero-order valence-electron chi connectivity index (χ0n) is 16.3. The Kier molecular flexibility index (Phi) is 7.12. The van der Waals surface area contributed by atoms with Crippen LogP contribution in [0.2, 0.25) is 0 Å². The van der Waals surface area contributed by atoms with Gasteiger partial charge in [0.2, 0.25) is 11.8 Å². The molecule has 26 heavy (non-hydrogen) atoms. The molecule has 5 nitrogen and oxygen atoms in total. The van der Waals surface area contributed by atoms with Crippen LogP contribution in [0.3, 0.4) is 0 Å². The third-order valence-electron chi connectivity index (χ3n) is 6.44. The van der Waals surface area contributed by atoms with Gasteiger partial charge in [0.05, 0.1) is 0 Å². The van der Waals surface area contributed by atoms with E-state index < -0.39 is 0 Å². The first-order valence-corrected chi connectivity index (χ1v) is 10.7. The van der Waals surface area contributed by atoms with E-state index >= 15 is 0 Å². The minimum atomic E-state index is 0.197. The summed E-state index contributed by atoms with van der Waals surface area (Å²) in [6, 6.07) is 0.531. The lowest BCUT2D eigenvalue weighted by Gasteiger charge is -2.32. The van der Waals surface area contributed by atoms with Gasteiger partial charge in [-0.1, -0.05) is 13.0 Å². The van der Waals surface area contributed by atoms with Crippen LogP contribution in [0.25, 0.3) is 0 Å². The molecule has 0 spiro atoms. The molecular formula is C21H35N3O2. The molecule has 5 heteroatoms. The van der Waals surface area contributed by atoms with Gasteiger partial charge < -0.3 is 10.2 Å². The van der Waals surface area contributed by atoms with Crippen LogP contribution in [-0.4, -0.2) is 60.4 Å². The number of piperidine rings is 1. The van der Waals surface area contributed by atoms with Gasteiger partial charge in [-0.25, -0.2) is 0 Å². The second-order valence-corrected chi connectivity index (χ2v) is 8.12. The topological polar surface area (TPSA) is 52.7 Å². The molecule has 3 aliphatic rings. The molecule has 3 rings (SSSR count). The number of hydrogen-bond acceptors (Lipinski definition) is 3. The Morgan fingerprint density at radius 3 is 2.65 bits per heavy atom. The van der Waals surface area contributed by atoms with Gasteiger partial charge in [0.1, 0.15) is 0 Å². The maximum atomic E-state index is 12.4. The van der Waals surface area contributed by atoms with Crippen molar-refractivity contribution >= 4 is 11.8 Å². The molecule has 1 N–H and O–H groups in total. The van der Waals surface area contributed by atoms with Crippen LogP contribution >= 0.6 is 0 Å². The van der Waals surface area contributed by atoms with Crippen molar-refractivity contribution < 1.29 is 9.59 Å². The summed E-state index contributed by atoms with van der Waals surface area (Å²) in [6.45, 7) is 6.96. The third-order valence-corrected chi connectivity index (χ3v) is 6.44. The first-order valence-electron chi connectivity index (χ1n) is 10.7. The number of hydrogen-bond donors (Lipinski definition) is 1.